The fourth-order valence-corrected chi connectivity index (χ4v) is 1.25. The van der Waals surface area contributed by atoms with Crippen molar-refractivity contribution in [2.45, 2.75) is 13.8 Å². The number of nitriles is 1. The molecule has 0 radical (unpaired) electrons. The van der Waals surface area contributed by atoms with Gasteiger partial charge in [-0.3, -0.25) is 4.79 Å². The Morgan fingerprint density at radius 1 is 1.44 bits per heavy atom. The van der Waals surface area contributed by atoms with Crippen LogP contribution in [0.3, 0.4) is 0 Å². The minimum absolute atomic E-state index is 0.0225. The SMILES string of the molecule is COc1ccc(/C=C(/C)C(C)=O)cc1C#N. The lowest BCUT2D eigenvalue weighted by atomic mass is 10.1. The third-order valence-corrected chi connectivity index (χ3v) is 2.28. The fraction of sp³-hybridized carbons (Fsp3) is 0.231. The van der Waals surface area contributed by atoms with Gasteiger partial charge in [0.2, 0.25) is 0 Å². The molecule has 0 atom stereocenters. The van der Waals surface area contributed by atoms with Crippen molar-refractivity contribution in [2.24, 2.45) is 0 Å². The van der Waals surface area contributed by atoms with Crippen LogP contribution in [0.5, 0.6) is 5.75 Å². The quantitative estimate of drug-likeness (QED) is 0.728. The molecule has 1 aromatic rings. The number of rotatable bonds is 3. The number of hydrogen-bond donors (Lipinski definition) is 0. The highest BCUT2D eigenvalue weighted by molar-refractivity contribution is 5.97. The molecule has 1 aromatic carbocycles. The normalized spacial score (nSPS) is 10.8. The Balaban J connectivity index is 3.15. The number of allylic oxidation sites excluding steroid dienone is 1. The number of carbonyl (C=O) groups excluding carboxylic acids is 1. The van der Waals surface area contributed by atoms with Crippen LogP contribution in [0, 0.1) is 11.3 Å². The number of Topliss-reactive ketones (excluding diaryl/α,β-unsaturated/α-hetero) is 1. The maximum Gasteiger partial charge on any atom is 0.155 e. The molecule has 0 saturated heterocycles. The Hall–Kier alpha value is -2.08. The lowest BCUT2D eigenvalue weighted by molar-refractivity contribution is -0.113. The van der Waals surface area contributed by atoms with E-state index < -0.39 is 0 Å². The molecule has 1 rings (SSSR count). The summed E-state index contributed by atoms with van der Waals surface area (Å²) in [5, 5.41) is 8.90. The number of nitrogens with zero attached hydrogens (tertiary/aromatic N) is 1. The average Bonchev–Trinajstić information content (AvgIpc) is 2.28. The van der Waals surface area contributed by atoms with Crippen LogP contribution in [-0.2, 0) is 4.79 Å². The Morgan fingerprint density at radius 3 is 2.62 bits per heavy atom. The third kappa shape index (κ3) is 2.71. The standard InChI is InChI=1S/C13H13NO2/c1-9(10(2)15)6-11-4-5-13(16-3)12(7-11)8-14/h4-7H,1-3H3/b9-6-. The first kappa shape index (κ1) is 12.0. The molecule has 0 aliphatic heterocycles. The second kappa shape index (κ2) is 5.13. The van der Waals surface area contributed by atoms with Crippen LogP contribution in [0.4, 0.5) is 0 Å². The van der Waals surface area contributed by atoms with Crippen molar-refractivity contribution >= 4 is 11.9 Å². The van der Waals surface area contributed by atoms with Crippen molar-refractivity contribution in [3.05, 3.63) is 34.9 Å². The van der Waals surface area contributed by atoms with Gasteiger partial charge in [-0.15, -0.1) is 0 Å². The molecule has 0 fully saturated rings. The highest BCUT2D eigenvalue weighted by Gasteiger charge is 2.03. The van der Waals surface area contributed by atoms with Crippen LogP contribution in [0.15, 0.2) is 23.8 Å². The number of carbonyl (C=O) groups is 1. The van der Waals surface area contributed by atoms with Crippen LogP contribution in [0.1, 0.15) is 25.0 Å². The van der Waals surface area contributed by atoms with Gasteiger partial charge in [-0.2, -0.15) is 5.26 Å². The second-order valence-corrected chi connectivity index (χ2v) is 3.46. The molecule has 82 valence electrons. The van der Waals surface area contributed by atoms with E-state index in [2.05, 4.69) is 6.07 Å². The summed E-state index contributed by atoms with van der Waals surface area (Å²) in [6.07, 6.45) is 1.75. The van der Waals surface area contributed by atoms with E-state index in [-0.39, 0.29) is 5.78 Å². The minimum atomic E-state index is 0.0225. The summed E-state index contributed by atoms with van der Waals surface area (Å²) in [5.41, 5.74) is 1.95. The smallest absolute Gasteiger partial charge is 0.155 e. The summed E-state index contributed by atoms with van der Waals surface area (Å²) < 4.78 is 5.03. The molecule has 0 unspecified atom stereocenters. The predicted octanol–water partition coefficient (Wildman–Crippen LogP) is 2.56. The van der Waals surface area contributed by atoms with Crippen molar-refractivity contribution in [3.63, 3.8) is 0 Å². The largest absolute Gasteiger partial charge is 0.495 e. The number of ether oxygens (including phenoxy) is 1. The highest BCUT2D eigenvalue weighted by atomic mass is 16.5. The molecular formula is C13H13NO2. The number of ketones is 1. The zero-order valence-corrected chi connectivity index (χ0v) is 9.57. The monoisotopic (exact) mass is 215 g/mol. The van der Waals surface area contributed by atoms with E-state index in [0.29, 0.717) is 16.9 Å². The molecule has 0 aliphatic carbocycles. The number of methoxy groups -OCH3 is 1. The molecule has 3 heteroatoms. The average molecular weight is 215 g/mol. The van der Waals surface area contributed by atoms with Crippen LogP contribution < -0.4 is 4.74 Å². The molecule has 0 aliphatic rings. The van der Waals surface area contributed by atoms with E-state index in [4.69, 9.17) is 10.00 Å². The first-order valence-electron chi connectivity index (χ1n) is 4.86. The van der Waals surface area contributed by atoms with Crippen molar-refractivity contribution in [2.75, 3.05) is 7.11 Å². The number of benzene rings is 1. The molecule has 0 spiro atoms. The Bertz CT molecular complexity index is 481. The predicted molar refractivity (Wildman–Crippen MR) is 62.0 cm³/mol. The molecule has 0 heterocycles. The van der Waals surface area contributed by atoms with E-state index in [1.807, 2.05) is 6.07 Å². The van der Waals surface area contributed by atoms with Gasteiger partial charge in [-0.05, 0) is 43.2 Å². The summed E-state index contributed by atoms with van der Waals surface area (Å²) in [5.74, 6) is 0.564. The van der Waals surface area contributed by atoms with Crippen molar-refractivity contribution in [3.8, 4) is 11.8 Å². The van der Waals surface area contributed by atoms with Gasteiger partial charge in [0.15, 0.2) is 5.78 Å². The summed E-state index contributed by atoms with van der Waals surface area (Å²) in [7, 11) is 1.52. The van der Waals surface area contributed by atoms with Crippen LogP contribution in [0.25, 0.3) is 6.08 Å². The molecule has 3 nitrogen and oxygen atoms in total. The molecular weight excluding hydrogens is 202 g/mol. The first-order chi connectivity index (χ1) is 7.58. The first-order valence-corrected chi connectivity index (χ1v) is 4.86. The van der Waals surface area contributed by atoms with Crippen LogP contribution in [-0.4, -0.2) is 12.9 Å². The van der Waals surface area contributed by atoms with Gasteiger partial charge in [0, 0.05) is 0 Å². The van der Waals surface area contributed by atoms with Gasteiger partial charge < -0.3 is 4.74 Å². The molecule has 16 heavy (non-hydrogen) atoms. The maximum absolute atomic E-state index is 11.1. The minimum Gasteiger partial charge on any atom is -0.495 e. The third-order valence-electron chi connectivity index (χ3n) is 2.28. The van der Waals surface area contributed by atoms with Crippen LogP contribution >= 0.6 is 0 Å². The highest BCUT2D eigenvalue weighted by Crippen LogP contribution is 2.20. The molecule has 0 amide bonds. The summed E-state index contributed by atoms with van der Waals surface area (Å²) in [6.45, 7) is 3.26. The van der Waals surface area contributed by atoms with E-state index >= 15 is 0 Å². The molecule has 0 aromatic heterocycles. The van der Waals surface area contributed by atoms with Crippen molar-refractivity contribution in [1.82, 2.24) is 0 Å². The Labute approximate surface area is 95.0 Å². The van der Waals surface area contributed by atoms with Gasteiger partial charge in [0.05, 0.1) is 12.7 Å². The summed E-state index contributed by atoms with van der Waals surface area (Å²) >= 11 is 0. The summed E-state index contributed by atoms with van der Waals surface area (Å²) in [6, 6.07) is 7.28. The van der Waals surface area contributed by atoms with E-state index in [9.17, 15) is 4.79 Å². The van der Waals surface area contributed by atoms with Gasteiger partial charge in [-0.1, -0.05) is 6.07 Å². The van der Waals surface area contributed by atoms with Gasteiger partial charge in [0.1, 0.15) is 11.8 Å². The fourth-order valence-electron chi connectivity index (χ4n) is 1.25. The maximum atomic E-state index is 11.1. The lowest BCUT2D eigenvalue weighted by Gasteiger charge is -2.03. The van der Waals surface area contributed by atoms with Crippen LogP contribution in [0.2, 0.25) is 0 Å². The molecule has 0 N–H and O–H groups in total. The zero-order chi connectivity index (χ0) is 12.1. The lowest BCUT2D eigenvalue weighted by Crippen LogP contribution is -1.92. The Kier molecular flexibility index (Phi) is 3.84. The van der Waals surface area contributed by atoms with Gasteiger partial charge in [-0.25, -0.2) is 0 Å². The van der Waals surface area contributed by atoms with Gasteiger partial charge >= 0.3 is 0 Å². The van der Waals surface area contributed by atoms with E-state index in [1.165, 1.54) is 14.0 Å². The molecule has 0 saturated carbocycles. The number of hydrogen-bond acceptors (Lipinski definition) is 3. The summed E-state index contributed by atoms with van der Waals surface area (Å²) in [4.78, 5) is 11.1. The zero-order valence-electron chi connectivity index (χ0n) is 9.57. The Morgan fingerprint density at radius 2 is 2.12 bits per heavy atom. The topological polar surface area (TPSA) is 50.1 Å². The van der Waals surface area contributed by atoms with Crippen molar-refractivity contribution in [1.29, 1.82) is 5.26 Å². The van der Waals surface area contributed by atoms with E-state index in [1.54, 1.807) is 25.1 Å². The van der Waals surface area contributed by atoms with E-state index in [0.717, 1.165) is 5.56 Å². The van der Waals surface area contributed by atoms with Crippen molar-refractivity contribution < 1.29 is 9.53 Å². The molecule has 0 bridgehead atoms. The second-order valence-electron chi connectivity index (χ2n) is 3.46. The van der Waals surface area contributed by atoms with Gasteiger partial charge in [0.25, 0.3) is 0 Å².